The van der Waals surface area contributed by atoms with E-state index >= 15 is 0 Å². The molecule has 6 nitrogen and oxygen atoms in total. The highest BCUT2D eigenvalue weighted by Crippen LogP contribution is 2.31. The van der Waals surface area contributed by atoms with E-state index in [0.717, 1.165) is 16.7 Å². The van der Waals surface area contributed by atoms with E-state index in [-0.39, 0.29) is 12.5 Å². The van der Waals surface area contributed by atoms with E-state index in [0.29, 0.717) is 19.8 Å². The molecule has 4 rings (SSSR count). The van der Waals surface area contributed by atoms with Gasteiger partial charge in [0, 0.05) is 0 Å². The third-order valence-electron chi connectivity index (χ3n) is 6.68. The van der Waals surface area contributed by atoms with E-state index in [1.54, 1.807) is 0 Å². The highest BCUT2D eigenvalue weighted by atomic mass is 16.6. The zero-order valence-corrected chi connectivity index (χ0v) is 21.6. The molecule has 1 heterocycles. The molecule has 6 heteroatoms. The summed E-state index contributed by atoms with van der Waals surface area (Å²) >= 11 is 0. The van der Waals surface area contributed by atoms with Gasteiger partial charge in [0.1, 0.15) is 30.5 Å². The Labute approximate surface area is 219 Å². The van der Waals surface area contributed by atoms with Crippen molar-refractivity contribution >= 4 is 0 Å². The van der Waals surface area contributed by atoms with Gasteiger partial charge in [-0.3, -0.25) is 0 Å². The Balaban J connectivity index is 1.55. The van der Waals surface area contributed by atoms with Gasteiger partial charge in [-0.15, -0.1) is 0 Å². The van der Waals surface area contributed by atoms with E-state index in [1.165, 1.54) is 0 Å². The van der Waals surface area contributed by atoms with Crippen molar-refractivity contribution in [2.45, 2.75) is 70.3 Å². The summed E-state index contributed by atoms with van der Waals surface area (Å²) in [5.41, 5.74) is 3.05. The average molecular weight is 507 g/mol. The first-order chi connectivity index (χ1) is 18.0. The van der Waals surface area contributed by atoms with E-state index in [1.807, 2.05) is 105 Å². The lowest BCUT2D eigenvalue weighted by atomic mass is 9.88. The predicted octanol–water partition coefficient (Wildman–Crippen LogP) is 4.52. The fourth-order valence-corrected chi connectivity index (χ4v) is 4.54. The summed E-state index contributed by atoms with van der Waals surface area (Å²) in [4.78, 5) is 0. The number of hydrogen-bond acceptors (Lipinski definition) is 6. The Morgan fingerprint density at radius 1 is 0.703 bits per heavy atom. The first kappa shape index (κ1) is 27.5. The summed E-state index contributed by atoms with van der Waals surface area (Å²) in [7, 11) is 0. The molecule has 1 fully saturated rings. The summed E-state index contributed by atoms with van der Waals surface area (Å²) < 4.78 is 25.1. The minimum Gasteiger partial charge on any atom is -0.390 e. The largest absolute Gasteiger partial charge is 0.390 e. The van der Waals surface area contributed by atoms with Crippen LogP contribution in [-0.4, -0.2) is 53.4 Å². The standard InChI is InChI=1S/C31H38O6/c1-22(2)27(32)30-28(33)31(36-20-25-16-10-5-11-17-25)29(35-19-24-14-8-4-9-15-24)26(37-30)21-34-18-23-12-6-3-7-13-23/h3-17,22,26-33H,18-21H2,1-2H3/t26-,27+,28+,29+,30-,31-/m1/s1. The van der Waals surface area contributed by atoms with Crippen molar-refractivity contribution in [2.24, 2.45) is 5.92 Å². The normalized spacial score (nSPS) is 24.7. The molecule has 3 aromatic rings. The van der Waals surface area contributed by atoms with Crippen molar-refractivity contribution in [1.29, 1.82) is 0 Å². The van der Waals surface area contributed by atoms with Gasteiger partial charge in [0.25, 0.3) is 0 Å². The Hall–Kier alpha value is -2.58. The second-order valence-electron chi connectivity index (χ2n) is 9.89. The molecule has 3 aromatic carbocycles. The van der Waals surface area contributed by atoms with Gasteiger partial charge in [0.05, 0.1) is 32.5 Å². The second-order valence-corrected chi connectivity index (χ2v) is 9.89. The van der Waals surface area contributed by atoms with Crippen LogP contribution in [0.2, 0.25) is 0 Å². The maximum atomic E-state index is 11.4. The molecule has 1 aliphatic rings. The van der Waals surface area contributed by atoms with Crippen molar-refractivity contribution in [3.8, 4) is 0 Å². The van der Waals surface area contributed by atoms with Crippen LogP contribution < -0.4 is 0 Å². The molecule has 1 aliphatic heterocycles. The summed E-state index contributed by atoms with van der Waals surface area (Å²) in [5, 5.41) is 22.3. The molecule has 0 bridgehead atoms. The molecule has 0 spiro atoms. The third kappa shape index (κ3) is 7.71. The van der Waals surface area contributed by atoms with Gasteiger partial charge in [0.2, 0.25) is 0 Å². The maximum absolute atomic E-state index is 11.4. The first-order valence-electron chi connectivity index (χ1n) is 13.0. The van der Waals surface area contributed by atoms with Gasteiger partial charge >= 0.3 is 0 Å². The van der Waals surface area contributed by atoms with Crippen molar-refractivity contribution < 1.29 is 29.2 Å². The van der Waals surface area contributed by atoms with E-state index in [9.17, 15) is 10.2 Å². The lowest BCUT2D eigenvalue weighted by molar-refractivity contribution is -0.278. The molecule has 198 valence electrons. The lowest BCUT2D eigenvalue weighted by Crippen LogP contribution is -2.63. The molecule has 0 unspecified atom stereocenters. The maximum Gasteiger partial charge on any atom is 0.115 e. The fraction of sp³-hybridized carbons (Fsp3) is 0.419. The highest BCUT2D eigenvalue weighted by Gasteiger charge is 2.49. The Morgan fingerprint density at radius 2 is 1.16 bits per heavy atom. The predicted molar refractivity (Wildman–Crippen MR) is 142 cm³/mol. The molecule has 37 heavy (non-hydrogen) atoms. The van der Waals surface area contributed by atoms with Crippen LogP contribution in [-0.2, 0) is 38.8 Å². The van der Waals surface area contributed by atoms with Gasteiger partial charge in [-0.25, -0.2) is 0 Å². The number of aliphatic hydroxyl groups excluding tert-OH is 2. The second kappa shape index (κ2) is 13.8. The molecule has 0 amide bonds. The molecule has 2 N–H and O–H groups in total. The average Bonchev–Trinajstić information content (AvgIpc) is 2.93. The Kier molecular flexibility index (Phi) is 10.3. The summed E-state index contributed by atoms with van der Waals surface area (Å²) in [6, 6.07) is 29.6. The number of hydrogen-bond donors (Lipinski definition) is 2. The van der Waals surface area contributed by atoms with Crippen LogP contribution >= 0.6 is 0 Å². The number of rotatable bonds is 12. The van der Waals surface area contributed by atoms with Gasteiger partial charge in [-0.2, -0.15) is 0 Å². The third-order valence-corrected chi connectivity index (χ3v) is 6.68. The van der Waals surface area contributed by atoms with Crippen LogP contribution in [0, 0.1) is 5.92 Å². The first-order valence-corrected chi connectivity index (χ1v) is 13.0. The molecular formula is C31H38O6. The van der Waals surface area contributed by atoms with E-state index < -0.39 is 36.6 Å². The fourth-order valence-electron chi connectivity index (χ4n) is 4.54. The zero-order valence-electron chi connectivity index (χ0n) is 21.6. The molecule has 0 aromatic heterocycles. The van der Waals surface area contributed by atoms with Crippen LogP contribution in [0.3, 0.4) is 0 Å². The van der Waals surface area contributed by atoms with E-state index in [4.69, 9.17) is 18.9 Å². The van der Waals surface area contributed by atoms with Gasteiger partial charge in [-0.05, 0) is 22.6 Å². The molecule has 0 aliphatic carbocycles. The minimum absolute atomic E-state index is 0.109. The zero-order chi connectivity index (χ0) is 26.0. The van der Waals surface area contributed by atoms with Gasteiger partial charge in [0.15, 0.2) is 0 Å². The van der Waals surface area contributed by atoms with Crippen LogP contribution in [0.1, 0.15) is 30.5 Å². The van der Waals surface area contributed by atoms with Crippen LogP contribution in [0.15, 0.2) is 91.0 Å². The van der Waals surface area contributed by atoms with Crippen LogP contribution in [0.5, 0.6) is 0 Å². The van der Waals surface area contributed by atoms with Crippen molar-refractivity contribution in [1.82, 2.24) is 0 Å². The summed E-state index contributed by atoms with van der Waals surface area (Å²) in [5.74, 6) is -0.109. The number of ether oxygens (including phenoxy) is 4. The molecule has 1 saturated heterocycles. The Morgan fingerprint density at radius 3 is 1.65 bits per heavy atom. The molecular weight excluding hydrogens is 468 g/mol. The minimum atomic E-state index is -1.08. The quantitative estimate of drug-likeness (QED) is 0.376. The van der Waals surface area contributed by atoms with Crippen molar-refractivity contribution in [3.63, 3.8) is 0 Å². The molecule has 6 atom stereocenters. The molecule has 0 radical (unpaired) electrons. The highest BCUT2D eigenvalue weighted by molar-refractivity contribution is 5.15. The summed E-state index contributed by atoms with van der Waals surface area (Å²) in [6.07, 6.45) is -4.65. The van der Waals surface area contributed by atoms with Gasteiger partial charge < -0.3 is 29.2 Å². The monoisotopic (exact) mass is 506 g/mol. The number of benzene rings is 3. The van der Waals surface area contributed by atoms with Crippen molar-refractivity contribution in [3.05, 3.63) is 108 Å². The SMILES string of the molecule is CC(C)[C@H](O)[C@H]1O[C@H](COCc2ccccc2)[C@H](OCc2ccccc2)[C@H](OCc2ccccc2)[C@H]1O. The van der Waals surface area contributed by atoms with Crippen molar-refractivity contribution in [2.75, 3.05) is 6.61 Å². The molecule has 0 saturated carbocycles. The number of aliphatic hydroxyl groups is 2. The Bertz CT molecular complexity index is 1030. The lowest BCUT2D eigenvalue weighted by Gasteiger charge is -2.46. The van der Waals surface area contributed by atoms with Crippen LogP contribution in [0.25, 0.3) is 0 Å². The topological polar surface area (TPSA) is 77.4 Å². The van der Waals surface area contributed by atoms with Gasteiger partial charge in [-0.1, -0.05) is 105 Å². The van der Waals surface area contributed by atoms with Crippen LogP contribution in [0.4, 0.5) is 0 Å². The summed E-state index contributed by atoms with van der Waals surface area (Å²) in [6.45, 7) is 5.09. The van der Waals surface area contributed by atoms with E-state index in [2.05, 4.69) is 0 Å². The smallest absolute Gasteiger partial charge is 0.115 e.